The Bertz CT molecular complexity index is 828. The van der Waals surface area contributed by atoms with E-state index in [-0.39, 0.29) is 12.0 Å². The van der Waals surface area contributed by atoms with E-state index in [2.05, 4.69) is 10.3 Å². The maximum atomic E-state index is 12.3. The fourth-order valence-electron chi connectivity index (χ4n) is 3.02. The lowest BCUT2D eigenvalue weighted by Gasteiger charge is -2.26. The van der Waals surface area contributed by atoms with Crippen molar-refractivity contribution in [2.45, 2.75) is 39.2 Å². The third-order valence-corrected chi connectivity index (χ3v) is 4.36. The van der Waals surface area contributed by atoms with Gasteiger partial charge in [-0.2, -0.15) is 0 Å². The molecule has 27 heavy (non-hydrogen) atoms. The minimum atomic E-state index is -0.499. The first-order valence-corrected chi connectivity index (χ1v) is 9.13. The third-order valence-electron chi connectivity index (χ3n) is 4.36. The van der Waals surface area contributed by atoms with Crippen LogP contribution in [0.25, 0.3) is 0 Å². The van der Waals surface area contributed by atoms with Gasteiger partial charge in [-0.25, -0.2) is 4.79 Å². The average Bonchev–Trinajstić information content (AvgIpc) is 2.83. The lowest BCUT2D eigenvalue weighted by molar-refractivity contribution is 0.0258. The van der Waals surface area contributed by atoms with Crippen LogP contribution >= 0.6 is 0 Å². The van der Waals surface area contributed by atoms with E-state index in [0.717, 1.165) is 24.1 Å². The van der Waals surface area contributed by atoms with Gasteiger partial charge < -0.3 is 15.0 Å². The number of rotatable bonds is 2. The zero-order chi connectivity index (χ0) is 19.4. The number of ether oxygens (including phenoxy) is 1. The molecule has 3 rings (SSSR count). The van der Waals surface area contributed by atoms with Crippen LogP contribution in [0, 0.1) is 0 Å². The van der Waals surface area contributed by atoms with Gasteiger partial charge in [0.15, 0.2) is 0 Å². The van der Waals surface area contributed by atoms with Crippen molar-refractivity contribution in [3.8, 4) is 0 Å². The van der Waals surface area contributed by atoms with Gasteiger partial charge in [-0.3, -0.25) is 9.78 Å². The topological polar surface area (TPSA) is 71.5 Å². The van der Waals surface area contributed by atoms with Crippen LogP contribution in [0.5, 0.6) is 0 Å². The zero-order valence-electron chi connectivity index (χ0n) is 16.0. The van der Waals surface area contributed by atoms with Gasteiger partial charge in [0, 0.05) is 36.7 Å². The fraction of sp³-hybridized carbons (Fsp3) is 0.381. The molecule has 6 nitrogen and oxygen atoms in total. The van der Waals surface area contributed by atoms with Crippen LogP contribution in [0.1, 0.15) is 42.3 Å². The van der Waals surface area contributed by atoms with Crippen molar-refractivity contribution in [3.63, 3.8) is 0 Å². The molecule has 0 spiro atoms. The molecule has 0 radical (unpaired) electrons. The van der Waals surface area contributed by atoms with Crippen molar-refractivity contribution in [3.05, 3.63) is 59.4 Å². The Morgan fingerprint density at radius 3 is 2.37 bits per heavy atom. The molecule has 0 unspecified atom stereocenters. The van der Waals surface area contributed by atoms with Gasteiger partial charge in [0.05, 0.1) is 0 Å². The Hall–Kier alpha value is -2.89. The molecule has 2 heterocycles. The van der Waals surface area contributed by atoms with Crippen LogP contribution < -0.4 is 5.32 Å². The van der Waals surface area contributed by atoms with Crippen molar-refractivity contribution >= 4 is 17.7 Å². The Kier molecular flexibility index (Phi) is 5.44. The molecule has 2 aromatic rings. The Labute approximate surface area is 159 Å². The minimum absolute atomic E-state index is 0.165. The molecule has 1 aliphatic rings. The molecule has 1 aliphatic heterocycles. The van der Waals surface area contributed by atoms with Crippen LogP contribution in [-0.2, 0) is 17.6 Å². The normalized spacial score (nSPS) is 14.1. The summed E-state index contributed by atoms with van der Waals surface area (Å²) in [5.74, 6) is -0.165. The maximum absolute atomic E-state index is 12.3. The summed E-state index contributed by atoms with van der Waals surface area (Å²) in [6.45, 7) is 6.84. The number of carbonyl (C=O) groups is 2. The molecule has 0 saturated carbocycles. The quantitative estimate of drug-likeness (QED) is 0.879. The zero-order valence-corrected chi connectivity index (χ0v) is 16.0. The number of nitrogens with one attached hydrogen (secondary N) is 1. The van der Waals surface area contributed by atoms with Crippen LogP contribution in [0.4, 0.5) is 10.5 Å². The lowest BCUT2D eigenvalue weighted by Crippen LogP contribution is -2.38. The van der Waals surface area contributed by atoms with Crippen LogP contribution in [0.2, 0.25) is 0 Å². The predicted octanol–water partition coefficient (Wildman–Crippen LogP) is 3.67. The Morgan fingerprint density at radius 2 is 1.70 bits per heavy atom. The molecule has 0 saturated heterocycles. The number of aromatic nitrogens is 1. The van der Waals surface area contributed by atoms with Crippen molar-refractivity contribution < 1.29 is 14.3 Å². The number of hydrogen-bond donors (Lipinski definition) is 1. The van der Waals surface area contributed by atoms with E-state index in [1.165, 1.54) is 5.56 Å². The highest BCUT2D eigenvalue weighted by molar-refractivity contribution is 6.04. The SMILES string of the molecule is CC(C)(C)OC(=O)N1CCc2ccc(NC(=O)c3ccncc3)cc2CC1. The highest BCUT2D eigenvalue weighted by atomic mass is 16.6. The molecule has 1 aromatic heterocycles. The second-order valence-electron chi connectivity index (χ2n) is 7.64. The van der Waals surface area contributed by atoms with Gasteiger partial charge in [-0.05, 0) is 69.0 Å². The lowest BCUT2D eigenvalue weighted by atomic mass is 10.0. The van der Waals surface area contributed by atoms with Gasteiger partial charge in [-0.1, -0.05) is 6.07 Å². The number of anilines is 1. The molecule has 0 aliphatic carbocycles. The molecule has 6 heteroatoms. The summed E-state index contributed by atoms with van der Waals surface area (Å²) in [7, 11) is 0. The maximum Gasteiger partial charge on any atom is 0.410 e. The predicted molar refractivity (Wildman–Crippen MR) is 104 cm³/mol. The van der Waals surface area contributed by atoms with E-state index >= 15 is 0 Å². The number of nitrogens with zero attached hydrogens (tertiary/aromatic N) is 2. The van der Waals surface area contributed by atoms with Crippen LogP contribution in [0.15, 0.2) is 42.7 Å². The fourth-order valence-corrected chi connectivity index (χ4v) is 3.02. The van der Waals surface area contributed by atoms with Crippen molar-refractivity contribution in [2.75, 3.05) is 18.4 Å². The summed E-state index contributed by atoms with van der Waals surface area (Å²) in [4.78, 5) is 30.3. The number of carbonyl (C=O) groups excluding carboxylic acids is 2. The van der Waals surface area contributed by atoms with Gasteiger partial charge in [0.1, 0.15) is 5.60 Å². The summed E-state index contributed by atoms with van der Waals surface area (Å²) >= 11 is 0. The summed E-state index contributed by atoms with van der Waals surface area (Å²) in [5.41, 5.74) is 3.16. The molecular weight excluding hydrogens is 342 g/mol. The smallest absolute Gasteiger partial charge is 0.410 e. The minimum Gasteiger partial charge on any atom is -0.444 e. The number of hydrogen-bond acceptors (Lipinski definition) is 4. The first-order valence-electron chi connectivity index (χ1n) is 9.13. The van der Waals surface area contributed by atoms with E-state index in [0.29, 0.717) is 18.7 Å². The molecule has 2 amide bonds. The number of benzene rings is 1. The van der Waals surface area contributed by atoms with E-state index in [9.17, 15) is 9.59 Å². The van der Waals surface area contributed by atoms with E-state index in [1.54, 1.807) is 29.4 Å². The molecule has 0 bridgehead atoms. The highest BCUT2D eigenvalue weighted by Gasteiger charge is 2.24. The molecule has 1 N–H and O–H groups in total. The summed E-state index contributed by atoms with van der Waals surface area (Å²) in [6.07, 6.45) is 4.41. The number of pyridine rings is 1. The Morgan fingerprint density at radius 1 is 1.04 bits per heavy atom. The van der Waals surface area contributed by atoms with Crippen molar-refractivity contribution in [1.82, 2.24) is 9.88 Å². The second kappa shape index (κ2) is 7.78. The Balaban J connectivity index is 1.67. The third kappa shape index (κ3) is 5.06. The second-order valence-corrected chi connectivity index (χ2v) is 7.64. The van der Waals surface area contributed by atoms with E-state index in [4.69, 9.17) is 4.74 Å². The van der Waals surface area contributed by atoms with Crippen LogP contribution in [-0.4, -0.2) is 40.6 Å². The molecule has 142 valence electrons. The molecule has 1 aromatic carbocycles. The summed E-state index contributed by atoms with van der Waals surface area (Å²) in [6, 6.07) is 9.28. The largest absolute Gasteiger partial charge is 0.444 e. The molecule has 0 atom stereocenters. The van der Waals surface area contributed by atoms with Crippen LogP contribution in [0.3, 0.4) is 0 Å². The summed E-state index contributed by atoms with van der Waals surface area (Å²) < 4.78 is 5.48. The monoisotopic (exact) mass is 367 g/mol. The van der Waals surface area contributed by atoms with Gasteiger partial charge in [0.2, 0.25) is 0 Å². The first-order chi connectivity index (χ1) is 12.8. The number of fused-ring (bicyclic) bond motifs is 1. The van der Waals surface area contributed by atoms with Gasteiger partial charge >= 0.3 is 6.09 Å². The highest BCUT2D eigenvalue weighted by Crippen LogP contribution is 2.22. The molecule has 0 fully saturated rings. The van der Waals surface area contributed by atoms with Crippen molar-refractivity contribution in [1.29, 1.82) is 0 Å². The molecular formula is C21H25N3O3. The van der Waals surface area contributed by atoms with E-state index in [1.807, 2.05) is 39.0 Å². The van der Waals surface area contributed by atoms with Crippen molar-refractivity contribution in [2.24, 2.45) is 0 Å². The first kappa shape index (κ1) is 18.9. The summed E-state index contributed by atoms with van der Waals surface area (Å²) in [5, 5.41) is 2.92. The van der Waals surface area contributed by atoms with Gasteiger partial charge in [0.25, 0.3) is 5.91 Å². The van der Waals surface area contributed by atoms with Gasteiger partial charge in [-0.15, -0.1) is 0 Å². The average molecular weight is 367 g/mol. The number of amides is 2. The van der Waals surface area contributed by atoms with E-state index < -0.39 is 5.60 Å². The standard InChI is InChI=1S/C21H25N3O3/c1-21(2,3)27-20(26)24-12-8-15-4-5-18(14-17(15)9-13-24)23-19(25)16-6-10-22-11-7-16/h4-7,10-11,14H,8-9,12-13H2,1-3H3,(H,23,25).